The zero-order valence-electron chi connectivity index (χ0n) is 7.51. The van der Waals surface area contributed by atoms with Gasteiger partial charge in [-0.25, -0.2) is 4.98 Å². The van der Waals surface area contributed by atoms with Gasteiger partial charge < -0.3 is 4.40 Å². The Morgan fingerprint density at radius 2 is 2.38 bits per heavy atom. The van der Waals surface area contributed by atoms with E-state index < -0.39 is 0 Å². The summed E-state index contributed by atoms with van der Waals surface area (Å²) in [6.45, 7) is 2.27. The standard InChI is InChI=1S/C10H11N3/c1-7-4-8(7)9-6-13-3-2-11-5-10(13)12-9/h2-3,5-8H,4H2,1H3. The predicted octanol–water partition coefficient (Wildman–Crippen LogP) is 1.85. The Bertz CT molecular complexity index is 413. The molecule has 0 saturated heterocycles. The van der Waals surface area contributed by atoms with Crippen molar-refractivity contribution in [3.8, 4) is 0 Å². The lowest BCUT2D eigenvalue weighted by Crippen LogP contribution is -1.81. The first-order valence-electron chi connectivity index (χ1n) is 4.63. The van der Waals surface area contributed by atoms with Crippen LogP contribution in [0.25, 0.3) is 5.65 Å². The summed E-state index contributed by atoms with van der Waals surface area (Å²) in [5.74, 6) is 1.51. The molecule has 0 bridgehead atoms. The van der Waals surface area contributed by atoms with Gasteiger partial charge in [-0.05, 0) is 12.3 Å². The van der Waals surface area contributed by atoms with E-state index in [0.717, 1.165) is 11.6 Å². The molecule has 0 aliphatic heterocycles. The molecular formula is C10H11N3. The van der Waals surface area contributed by atoms with Crippen LogP contribution in [0.15, 0.2) is 24.8 Å². The van der Waals surface area contributed by atoms with Gasteiger partial charge in [-0.1, -0.05) is 6.92 Å². The zero-order valence-corrected chi connectivity index (χ0v) is 7.51. The summed E-state index contributed by atoms with van der Waals surface area (Å²) in [5, 5.41) is 0. The maximum Gasteiger partial charge on any atom is 0.155 e. The number of imidazole rings is 1. The minimum Gasteiger partial charge on any atom is -0.304 e. The molecule has 1 aliphatic rings. The van der Waals surface area contributed by atoms with Gasteiger partial charge in [-0.3, -0.25) is 4.98 Å². The molecule has 0 amide bonds. The van der Waals surface area contributed by atoms with Crippen LogP contribution in [-0.4, -0.2) is 14.4 Å². The molecule has 3 nitrogen and oxygen atoms in total. The Balaban J connectivity index is 2.12. The molecule has 3 rings (SSSR count). The number of aromatic nitrogens is 3. The third kappa shape index (κ3) is 1.03. The summed E-state index contributed by atoms with van der Waals surface area (Å²) in [6, 6.07) is 0. The van der Waals surface area contributed by atoms with Crippen molar-refractivity contribution in [2.45, 2.75) is 19.3 Å². The minimum atomic E-state index is 0.694. The summed E-state index contributed by atoms with van der Waals surface area (Å²) >= 11 is 0. The van der Waals surface area contributed by atoms with Crippen LogP contribution in [0, 0.1) is 5.92 Å². The molecule has 1 saturated carbocycles. The van der Waals surface area contributed by atoms with Gasteiger partial charge >= 0.3 is 0 Å². The average Bonchev–Trinajstić information content (AvgIpc) is 2.74. The van der Waals surface area contributed by atoms with Crippen LogP contribution in [0.1, 0.15) is 25.0 Å². The second kappa shape index (κ2) is 2.31. The number of hydrogen-bond acceptors (Lipinski definition) is 2. The average molecular weight is 173 g/mol. The van der Waals surface area contributed by atoms with Crippen LogP contribution in [0.3, 0.4) is 0 Å². The molecule has 2 unspecified atom stereocenters. The normalized spacial score (nSPS) is 26.5. The maximum atomic E-state index is 4.53. The predicted molar refractivity (Wildman–Crippen MR) is 49.5 cm³/mol. The van der Waals surface area contributed by atoms with Gasteiger partial charge in [0.25, 0.3) is 0 Å². The first-order chi connectivity index (χ1) is 6.34. The van der Waals surface area contributed by atoms with E-state index in [-0.39, 0.29) is 0 Å². The number of rotatable bonds is 1. The number of hydrogen-bond donors (Lipinski definition) is 0. The van der Waals surface area contributed by atoms with Gasteiger partial charge in [0.15, 0.2) is 5.65 Å². The second-order valence-corrected chi connectivity index (χ2v) is 3.83. The summed E-state index contributed by atoms with van der Waals surface area (Å²) in [7, 11) is 0. The number of nitrogens with zero attached hydrogens (tertiary/aromatic N) is 3. The third-order valence-corrected chi connectivity index (χ3v) is 2.77. The first kappa shape index (κ1) is 7.06. The Labute approximate surface area is 76.4 Å². The molecule has 3 heteroatoms. The lowest BCUT2D eigenvalue weighted by molar-refractivity contribution is 0.894. The lowest BCUT2D eigenvalue weighted by Gasteiger charge is -1.86. The maximum absolute atomic E-state index is 4.53. The van der Waals surface area contributed by atoms with E-state index in [1.165, 1.54) is 12.1 Å². The molecule has 0 spiro atoms. The molecule has 66 valence electrons. The fourth-order valence-electron chi connectivity index (χ4n) is 1.78. The van der Waals surface area contributed by atoms with Gasteiger partial charge in [0, 0.05) is 24.5 Å². The van der Waals surface area contributed by atoms with E-state index >= 15 is 0 Å². The summed E-state index contributed by atoms with van der Waals surface area (Å²) in [5.41, 5.74) is 2.18. The van der Waals surface area contributed by atoms with E-state index in [9.17, 15) is 0 Å². The van der Waals surface area contributed by atoms with Gasteiger partial charge in [-0.15, -0.1) is 0 Å². The van der Waals surface area contributed by atoms with Crippen molar-refractivity contribution in [1.82, 2.24) is 14.4 Å². The van der Waals surface area contributed by atoms with Crippen molar-refractivity contribution in [3.63, 3.8) is 0 Å². The lowest BCUT2D eigenvalue weighted by atomic mass is 10.3. The fraction of sp³-hybridized carbons (Fsp3) is 0.400. The van der Waals surface area contributed by atoms with Crippen molar-refractivity contribution in [1.29, 1.82) is 0 Å². The van der Waals surface area contributed by atoms with Crippen molar-refractivity contribution in [2.75, 3.05) is 0 Å². The molecule has 0 N–H and O–H groups in total. The van der Waals surface area contributed by atoms with E-state index in [1.54, 1.807) is 12.4 Å². The van der Waals surface area contributed by atoms with E-state index in [4.69, 9.17) is 0 Å². The monoisotopic (exact) mass is 173 g/mol. The molecule has 0 aromatic carbocycles. The van der Waals surface area contributed by atoms with E-state index in [1.807, 2.05) is 10.6 Å². The third-order valence-electron chi connectivity index (χ3n) is 2.77. The van der Waals surface area contributed by atoms with Crippen molar-refractivity contribution >= 4 is 5.65 Å². The van der Waals surface area contributed by atoms with E-state index in [2.05, 4.69) is 23.1 Å². The van der Waals surface area contributed by atoms with E-state index in [0.29, 0.717) is 5.92 Å². The molecule has 2 aromatic rings. The Morgan fingerprint density at radius 3 is 3.08 bits per heavy atom. The summed E-state index contributed by atoms with van der Waals surface area (Å²) in [6.07, 6.45) is 8.94. The molecule has 1 fully saturated rings. The van der Waals surface area contributed by atoms with Crippen LogP contribution in [-0.2, 0) is 0 Å². The fourth-order valence-corrected chi connectivity index (χ4v) is 1.78. The van der Waals surface area contributed by atoms with Gasteiger partial charge in [0.05, 0.1) is 11.9 Å². The topological polar surface area (TPSA) is 30.2 Å². The molecule has 2 atom stereocenters. The van der Waals surface area contributed by atoms with Gasteiger partial charge in [0.2, 0.25) is 0 Å². The van der Waals surface area contributed by atoms with Crippen molar-refractivity contribution in [3.05, 3.63) is 30.5 Å². The molecular weight excluding hydrogens is 162 g/mol. The largest absolute Gasteiger partial charge is 0.304 e. The molecule has 1 aliphatic carbocycles. The Hall–Kier alpha value is -1.38. The molecule has 0 radical (unpaired) electrons. The van der Waals surface area contributed by atoms with Gasteiger partial charge in [0.1, 0.15) is 0 Å². The van der Waals surface area contributed by atoms with Crippen molar-refractivity contribution in [2.24, 2.45) is 5.92 Å². The first-order valence-corrected chi connectivity index (χ1v) is 4.63. The summed E-state index contributed by atoms with van der Waals surface area (Å²) in [4.78, 5) is 8.57. The number of fused-ring (bicyclic) bond motifs is 1. The highest BCUT2D eigenvalue weighted by Gasteiger charge is 2.35. The molecule has 2 heterocycles. The van der Waals surface area contributed by atoms with Crippen LogP contribution in [0.5, 0.6) is 0 Å². The van der Waals surface area contributed by atoms with Crippen molar-refractivity contribution < 1.29 is 0 Å². The van der Waals surface area contributed by atoms with Crippen LogP contribution in [0.4, 0.5) is 0 Å². The van der Waals surface area contributed by atoms with Crippen LogP contribution in [0.2, 0.25) is 0 Å². The van der Waals surface area contributed by atoms with Crippen LogP contribution < -0.4 is 0 Å². The Kier molecular flexibility index (Phi) is 1.26. The quantitative estimate of drug-likeness (QED) is 0.658. The highest BCUT2D eigenvalue weighted by Crippen LogP contribution is 2.46. The highest BCUT2D eigenvalue weighted by molar-refractivity contribution is 5.38. The molecule has 2 aromatic heterocycles. The SMILES string of the molecule is CC1CC1c1cn2ccncc2n1. The minimum absolute atomic E-state index is 0.694. The molecule has 13 heavy (non-hydrogen) atoms. The highest BCUT2D eigenvalue weighted by atomic mass is 15.0. The summed E-state index contributed by atoms with van der Waals surface area (Å²) < 4.78 is 2.04. The Morgan fingerprint density at radius 1 is 1.54 bits per heavy atom. The smallest absolute Gasteiger partial charge is 0.155 e. The zero-order chi connectivity index (χ0) is 8.84. The van der Waals surface area contributed by atoms with Crippen LogP contribution >= 0.6 is 0 Å². The second-order valence-electron chi connectivity index (χ2n) is 3.83. The van der Waals surface area contributed by atoms with Gasteiger partial charge in [-0.2, -0.15) is 0 Å².